The van der Waals surface area contributed by atoms with Crippen LogP contribution in [0.2, 0.25) is 5.02 Å². The summed E-state index contributed by atoms with van der Waals surface area (Å²) in [5, 5.41) is 0.786. The molecule has 1 nitrogen and oxygen atoms in total. The van der Waals surface area contributed by atoms with Gasteiger partial charge in [0.05, 0.1) is 0 Å². The second-order valence-corrected chi connectivity index (χ2v) is 5.09. The Morgan fingerprint density at radius 1 is 1.40 bits per heavy atom. The summed E-state index contributed by atoms with van der Waals surface area (Å²) in [5.41, 5.74) is 7.48. The lowest BCUT2D eigenvalue weighted by molar-refractivity contribution is 0.351. The van der Waals surface area contributed by atoms with Gasteiger partial charge in [-0.25, -0.2) is 0 Å². The Kier molecular flexibility index (Phi) is 3.32. The quantitative estimate of drug-likeness (QED) is 0.812. The first-order valence-corrected chi connectivity index (χ1v) is 6.07. The van der Waals surface area contributed by atoms with Gasteiger partial charge in [0.15, 0.2) is 0 Å². The third-order valence-electron chi connectivity index (χ3n) is 3.62. The molecule has 0 heterocycles. The minimum atomic E-state index is 0.154. The molecule has 0 aliphatic heterocycles. The van der Waals surface area contributed by atoms with Crippen LogP contribution in [0, 0.1) is 11.8 Å². The van der Waals surface area contributed by atoms with Gasteiger partial charge < -0.3 is 5.73 Å². The fourth-order valence-corrected chi connectivity index (χ4v) is 2.87. The lowest BCUT2D eigenvalue weighted by Crippen LogP contribution is -2.23. The van der Waals surface area contributed by atoms with Gasteiger partial charge in [0.1, 0.15) is 0 Å². The maximum atomic E-state index is 6.30. The zero-order chi connectivity index (χ0) is 10.8. The topological polar surface area (TPSA) is 26.0 Å². The van der Waals surface area contributed by atoms with E-state index in [-0.39, 0.29) is 6.04 Å². The van der Waals surface area contributed by atoms with Crippen LogP contribution in [0.25, 0.3) is 0 Å². The number of rotatable bonds is 2. The van der Waals surface area contributed by atoms with Crippen LogP contribution in [0.1, 0.15) is 37.8 Å². The van der Waals surface area contributed by atoms with Crippen molar-refractivity contribution < 1.29 is 0 Å². The summed E-state index contributed by atoms with van der Waals surface area (Å²) >= 11 is 5.98. The molecule has 0 aromatic heterocycles. The molecule has 1 saturated carbocycles. The van der Waals surface area contributed by atoms with Crippen LogP contribution >= 0.6 is 11.6 Å². The first kappa shape index (κ1) is 11.0. The lowest BCUT2D eigenvalue weighted by Gasteiger charge is -2.23. The van der Waals surface area contributed by atoms with Gasteiger partial charge in [-0.05, 0) is 36.0 Å². The molecule has 15 heavy (non-hydrogen) atoms. The molecule has 0 amide bonds. The summed E-state index contributed by atoms with van der Waals surface area (Å²) in [6.45, 7) is 2.31. The fourth-order valence-electron chi connectivity index (χ4n) is 2.67. The highest BCUT2D eigenvalue weighted by molar-refractivity contribution is 6.30. The van der Waals surface area contributed by atoms with Gasteiger partial charge in [-0.15, -0.1) is 0 Å². The predicted molar refractivity (Wildman–Crippen MR) is 64.9 cm³/mol. The number of halogens is 1. The molecule has 1 aliphatic carbocycles. The van der Waals surface area contributed by atoms with E-state index in [0.717, 1.165) is 10.9 Å². The van der Waals surface area contributed by atoms with E-state index >= 15 is 0 Å². The maximum Gasteiger partial charge on any atom is 0.0409 e. The standard InChI is InChI=1S/C13H18ClN/c1-9-4-2-7-12(9)13(15)10-5-3-6-11(14)8-10/h3,5-6,8-9,12-13H,2,4,7,15H2,1H3. The largest absolute Gasteiger partial charge is 0.324 e. The van der Waals surface area contributed by atoms with Gasteiger partial charge in [0.25, 0.3) is 0 Å². The zero-order valence-electron chi connectivity index (χ0n) is 9.12. The molecule has 82 valence electrons. The van der Waals surface area contributed by atoms with Crippen molar-refractivity contribution in [3.8, 4) is 0 Å². The summed E-state index contributed by atoms with van der Waals surface area (Å²) in [7, 11) is 0. The molecule has 0 spiro atoms. The van der Waals surface area contributed by atoms with Crippen LogP contribution in [0.4, 0.5) is 0 Å². The average Bonchev–Trinajstić information content (AvgIpc) is 2.63. The highest BCUT2D eigenvalue weighted by atomic mass is 35.5. The Labute approximate surface area is 96.6 Å². The normalized spacial score (nSPS) is 27.9. The summed E-state index contributed by atoms with van der Waals surface area (Å²) in [5.74, 6) is 1.38. The van der Waals surface area contributed by atoms with Crippen molar-refractivity contribution in [1.29, 1.82) is 0 Å². The average molecular weight is 224 g/mol. The third-order valence-corrected chi connectivity index (χ3v) is 3.86. The lowest BCUT2D eigenvalue weighted by atomic mass is 9.87. The molecule has 1 fully saturated rings. The smallest absolute Gasteiger partial charge is 0.0409 e. The van der Waals surface area contributed by atoms with Crippen LogP contribution in [0.15, 0.2) is 24.3 Å². The predicted octanol–water partition coefficient (Wildman–Crippen LogP) is 3.78. The number of hydrogen-bond donors (Lipinski definition) is 1. The van der Waals surface area contributed by atoms with Crippen molar-refractivity contribution in [2.24, 2.45) is 17.6 Å². The van der Waals surface area contributed by atoms with Crippen LogP contribution < -0.4 is 5.73 Å². The van der Waals surface area contributed by atoms with E-state index in [1.165, 1.54) is 24.8 Å². The Balaban J connectivity index is 2.16. The van der Waals surface area contributed by atoms with Crippen LogP contribution in [0.5, 0.6) is 0 Å². The fraction of sp³-hybridized carbons (Fsp3) is 0.538. The Hall–Kier alpha value is -0.530. The molecule has 0 radical (unpaired) electrons. The molecule has 0 bridgehead atoms. The van der Waals surface area contributed by atoms with Crippen molar-refractivity contribution in [2.75, 3.05) is 0 Å². The summed E-state index contributed by atoms with van der Waals surface area (Å²) in [4.78, 5) is 0. The number of nitrogens with two attached hydrogens (primary N) is 1. The Morgan fingerprint density at radius 3 is 2.80 bits per heavy atom. The highest BCUT2D eigenvalue weighted by Crippen LogP contribution is 2.39. The molecule has 3 atom stereocenters. The van der Waals surface area contributed by atoms with Gasteiger partial charge in [-0.3, -0.25) is 0 Å². The van der Waals surface area contributed by atoms with Crippen molar-refractivity contribution in [3.63, 3.8) is 0 Å². The SMILES string of the molecule is CC1CCCC1C(N)c1cccc(Cl)c1. The molecule has 2 N–H and O–H groups in total. The highest BCUT2D eigenvalue weighted by Gasteiger charge is 2.29. The first-order chi connectivity index (χ1) is 7.18. The van der Waals surface area contributed by atoms with E-state index in [1.54, 1.807) is 0 Å². The Morgan fingerprint density at radius 2 is 2.20 bits per heavy atom. The first-order valence-electron chi connectivity index (χ1n) is 5.69. The molecular formula is C13H18ClN. The van der Waals surface area contributed by atoms with E-state index in [4.69, 9.17) is 17.3 Å². The van der Waals surface area contributed by atoms with Crippen molar-refractivity contribution in [3.05, 3.63) is 34.9 Å². The van der Waals surface area contributed by atoms with E-state index < -0.39 is 0 Å². The van der Waals surface area contributed by atoms with Crippen LogP contribution in [-0.2, 0) is 0 Å². The maximum absolute atomic E-state index is 6.30. The molecule has 1 aromatic rings. The molecular weight excluding hydrogens is 206 g/mol. The van der Waals surface area contributed by atoms with Crippen molar-refractivity contribution >= 4 is 11.6 Å². The van der Waals surface area contributed by atoms with Crippen molar-refractivity contribution in [2.45, 2.75) is 32.2 Å². The summed E-state index contributed by atoms with van der Waals surface area (Å²) in [6, 6.07) is 8.12. The third kappa shape index (κ3) is 2.35. The van der Waals surface area contributed by atoms with Crippen molar-refractivity contribution in [1.82, 2.24) is 0 Å². The number of hydrogen-bond acceptors (Lipinski definition) is 1. The minimum absolute atomic E-state index is 0.154. The van der Waals surface area contributed by atoms with E-state index in [2.05, 4.69) is 13.0 Å². The molecule has 1 aromatic carbocycles. The monoisotopic (exact) mass is 223 g/mol. The molecule has 2 heteroatoms. The van der Waals surface area contributed by atoms with Gasteiger partial charge in [-0.2, -0.15) is 0 Å². The zero-order valence-corrected chi connectivity index (χ0v) is 9.87. The molecule has 0 saturated heterocycles. The second-order valence-electron chi connectivity index (χ2n) is 4.65. The number of benzene rings is 1. The summed E-state index contributed by atoms with van der Waals surface area (Å²) in [6.07, 6.45) is 3.90. The molecule has 2 rings (SSSR count). The van der Waals surface area contributed by atoms with Gasteiger partial charge >= 0.3 is 0 Å². The van der Waals surface area contributed by atoms with E-state index in [9.17, 15) is 0 Å². The summed E-state index contributed by atoms with van der Waals surface area (Å²) < 4.78 is 0. The van der Waals surface area contributed by atoms with Gasteiger partial charge in [0.2, 0.25) is 0 Å². The molecule has 1 aliphatic rings. The van der Waals surface area contributed by atoms with E-state index in [0.29, 0.717) is 5.92 Å². The van der Waals surface area contributed by atoms with Crippen LogP contribution in [-0.4, -0.2) is 0 Å². The van der Waals surface area contributed by atoms with E-state index in [1.807, 2.05) is 18.2 Å². The van der Waals surface area contributed by atoms with Crippen LogP contribution in [0.3, 0.4) is 0 Å². The van der Waals surface area contributed by atoms with Gasteiger partial charge in [0, 0.05) is 11.1 Å². The Bertz CT molecular complexity index is 337. The van der Waals surface area contributed by atoms with Gasteiger partial charge in [-0.1, -0.05) is 43.5 Å². The second kappa shape index (κ2) is 4.54. The minimum Gasteiger partial charge on any atom is -0.324 e. The molecule has 3 unspecified atom stereocenters.